The molecule has 2 heterocycles. The highest BCUT2D eigenvalue weighted by atomic mass is 32.2. The average molecular weight is 376 g/mol. The molecule has 26 heavy (non-hydrogen) atoms. The van der Waals surface area contributed by atoms with E-state index in [2.05, 4.69) is 5.32 Å². The minimum atomic E-state index is -3.58. The van der Waals surface area contributed by atoms with Crippen LogP contribution in [-0.4, -0.2) is 31.7 Å². The van der Waals surface area contributed by atoms with Crippen molar-refractivity contribution in [2.45, 2.75) is 44.4 Å². The predicted octanol–water partition coefficient (Wildman–Crippen LogP) is 3.71. The van der Waals surface area contributed by atoms with Crippen molar-refractivity contribution < 1.29 is 17.6 Å². The molecule has 3 rings (SSSR count). The number of sulfonamides is 1. The highest BCUT2D eigenvalue weighted by Gasteiger charge is 2.27. The van der Waals surface area contributed by atoms with E-state index >= 15 is 0 Å². The van der Waals surface area contributed by atoms with Crippen LogP contribution < -0.4 is 5.32 Å². The highest BCUT2D eigenvalue weighted by molar-refractivity contribution is 7.89. The standard InChI is InChI=1S/C19H24N2O4S/c1-14-7-8-16(20-19(22)18-15(2)9-12-25-18)13-17(14)26(23,24)21-10-5-3-4-6-11-21/h7-9,12-13H,3-6,10-11H2,1-2H3,(H,20,22). The molecular formula is C19H24N2O4S. The van der Waals surface area contributed by atoms with E-state index in [9.17, 15) is 13.2 Å². The number of carbonyl (C=O) groups is 1. The zero-order valence-corrected chi connectivity index (χ0v) is 15.9. The number of amides is 1. The topological polar surface area (TPSA) is 79.6 Å². The van der Waals surface area contributed by atoms with Gasteiger partial charge in [-0.15, -0.1) is 0 Å². The van der Waals surface area contributed by atoms with Gasteiger partial charge >= 0.3 is 0 Å². The number of carbonyl (C=O) groups excluding carboxylic acids is 1. The Morgan fingerprint density at radius 3 is 2.35 bits per heavy atom. The Kier molecular flexibility index (Phi) is 5.48. The summed E-state index contributed by atoms with van der Waals surface area (Å²) < 4.78 is 32.9. The summed E-state index contributed by atoms with van der Waals surface area (Å²) in [7, 11) is -3.58. The molecule has 1 aromatic carbocycles. The van der Waals surface area contributed by atoms with Crippen molar-refractivity contribution in [3.8, 4) is 0 Å². The minimum Gasteiger partial charge on any atom is -0.459 e. The fourth-order valence-corrected chi connectivity index (χ4v) is 4.94. The van der Waals surface area contributed by atoms with Gasteiger partial charge in [0.15, 0.2) is 5.76 Å². The van der Waals surface area contributed by atoms with E-state index in [1.165, 1.54) is 12.3 Å². The van der Waals surface area contributed by atoms with Crippen LogP contribution in [0, 0.1) is 13.8 Å². The van der Waals surface area contributed by atoms with Crippen LogP contribution in [0.25, 0.3) is 0 Å². The summed E-state index contributed by atoms with van der Waals surface area (Å²) in [5.74, 6) is -0.169. The summed E-state index contributed by atoms with van der Waals surface area (Å²) in [6.07, 6.45) is 5.33. The molecule has 1 saturated heterocycles. The lowest BCUT2D eigenvalue weighted by Gasteiger charge is -2.21. The molecule has 0 aliphatic carbocycles. The molecule has 1 N–H and O–H groups in total. The number of rotatable bonds is 4. The molecule has 2 aromatic rings. The Hall–Kier alpha value is -2.12. The largest absolute Gasteiger partial charge is 0.459 e. The van der Waals surface area contributed by atoms with Crippen LogP contribution in [-0.2, 0) is 10.0 Å². The van der Waals surface area contributed by atoms with E-state index in [1.807, 2.05) is 0 Å². The fraction of sp³-hybridized carbons (Fsp3) is 0.421. The second-order valence-electron chi connectivity index (χ2n) is 6.69. The molecule has 0 unspecified atom stereocenters. The van der Waals surface area contributed by atoms with Crippen LogP contribution in [0.1, 0.15) is 47.4 Å². The third-order valence-corrected chi connectivity index (χ3v) is 6.74. The molecule has 0 radical (unpaired) electrons. The van der Waals surface area contributed by atoms with E-state index in [0.717, 1.165) is 31.2 Å². The Morgan fingerprint density at radius 2 is 1.73 bits per heavy atom. The Labute approximate surface area is 154 Å². The lowest BCUT2D eigenvalue weighted by Crippen LogP contribution is -2.32. The number of anilines is 1. The molecule has 1 amide bonds. The number of nitrogens with one attached hydrogen (secondary N) is 1. The number of hydrogen-bond acceptors (Lipinski definition) is 4. The van der Waals surface area contributed by atoms with Crippen molar-refractivity contribution in [2.24, 2.45) is 0 Å². The van der Waals surface area contributed by atoms with Gasteiger partial charge in [0.2, 0.25) is 10.0 Å². The van der Waals surface area contributed by atoms with Crippen LogP contribution in [0.2, 0.25) is 0 Å². The molecule has 1 aromatic heterocycles. The lowest BCUT2D eigenvalue weighted by molar-refractivity contribution is 0.0996. The number of aryl methyl sites for hydroxylation is 2. The third-order valence-electron chi connectivity index (χ3n) is 4.70. The Bertz CT molecular complexity index is 894. The highest BCUT2D eigenvalue weighted by Crippen LogP contribution is 2.26. The van der Waals surface area contributed by atoms with Crippen LogP contribution in [0.4, 0.5) is 5.69 Å². The van der Waals surface area contributed by atoms with Gasteiger partial charge in [-0.3, -0.25) is 4.79 Å². The fourth-order valence-electron chi connectivity index (χ4n) is 3.17. The summed E-state index contributed by atoms with van der Waals surface area (Å²) >= 11 is 0. The van der Waals surface area contributed by atoms with Crippen molar-refractivity contribution in [3.05, 3.63) is 47.4 Å². The molecule has 7 heteroatoms. The van der Waals surface area contributed by atoms with Gasteiger partial charge in [-0.25, -0.2) is 8.42 Å². The van der Waals surface area contributed by atoms with Crippen molar-refractivity contribution in [1.82, 2.24) is 4.31 Å². The quantitative estimate of drug-likeness (QED) is 0.882. The maximum absolute atomic E-state index is 13.1. The van der Waals surface area contributed by atoms with E-state index < -0.39 is 15.9 Å². The molecule has 1 fully saturated rings. The third kappa shape index (κ3) is 3.83. The van der Waals surface area contributed by atoms with Gasteiger partial charge in [0.05, 0.1) is 11.2 Å². The van der Waals surface area contributed by atoms with Crippen molar-refractivity contribution in [3.63, 3.8) is 0 Å². The molecule has 1 aliphatic rings. The van der Waals surface area contributed by atoms with Gasteiger partial charge in [0.1, 0.15) is 0 Å². The van der Waals surface area contributed by atoms with Crippen LogP contribution in [0.15, 0.2) is 39.8 Å². The molecule has 0 bridgehead atoms. The van der Waals surface area contributed by atoms with Crippen molar-refractivity contribution >= 4 is 21.6 Å². The SMILES string of the molecule is Cc1ccc(NC(=O)c2occc2C)cc1S(=O)(=O)N1CCCCCC1. The molecule has 140 valence electrons. The first-order valence-corrected chi connectivity index (χ1v) is 10.3. The van der Waals surface area contributed by atoms with Crippen LogP contribution >= 0.6 is 0 Å². The Morgan fingerprint density at radius 1 is 1.04 bits per heavy atom. The summed E-state index contributed by atoms with van der Waals surface area (Å²) in [5.41, 5.74) is 1.83. The van der Waals surface area contributed by atoms with E-state index in [0.29, 0.717) is 24.3 Å². The van der Waals surface area contributed by atoms with Gasteiger partial charge in [-0.2, -0.15) is 4.31 Å². The smallest absolute Gasteiger partial charge is 0.291 e. The number of furan rings is 1. The lowest BCUT2D eigenvalue weighted by atomic mass is 10.2. The molecule has 1 aliphatic heterocycles. The van der Waals surface area contributed by atoms with Gasteiger partial charge in [0.25, 0.3) is 5.91 Å². The number of nitrogens with zero attached hydrogens (tertiary/aromatic N) is 1. The van der Waals surface area contributed by atoms with Crippen LogP contribution in [0.3, 0.4) is 0 Å². The van der Waals surface area contributed by atoms with Crippen LogP contribution in [0.5, 0.6) is 0 Å². The maximum Gasteiger partial charge on any atom is 0.291 e. The molecule has 0 saturated carbocycles. The second-order valence-corrected chi connectivity index (χ2v) is 8.59. The molecular weight excluding hydrogens is 352 g/mol. The van der Waals surface area contributed by atoms with E-state index in [4.69, 9.17) is 4.42 Å². The first kappa shape index (κ1) is 18.7. The first-order valence-electron chi connectivity index (χ1n) is 8.86. The summed E-state index contributed by atoms with van der Waals surface area (Å²) in [6.45, 7) is 4.64. The van der Waals surface area contributed by atoms with Gasteiger partial charge < -0.3 is 9.73 Å². The van der Waals surface area contributed by atoms with Gasteiger partial charge in [-0.05, 0) is 50.5 Å². The van der Waals surface area contributed by atoms with Gasteiger partial charge in [0, 0.05) is 24.3 Å². The van der Waals surface area contributed by atoms with Crippen molar-refractivity contribution in [1.29, 1.82) is 0 Å². The monoisotopic (exact) mass is 376 g/mol. The zero-order chi connectivity index (χ0) is 18.7. The van der Waals surface area contributed by atoms with E-state index in [1.54, 1.807) is 36.4 Å². The maximum atomic E-state index is 13.1. The minimum absolute atomic E-state index is 0.225. The van der Waals surface area contributed by atoms with Crippen molar-refractivity contribution in [2.75, 3.05) is 18.4 Å². The zero-order valence-electron chi connectivity index (χ0n) is 15.1. The molecule has 0 atom stereocenters. The van der Waals surface area contributed by atoms with Gasteiger partial charge in [-0.1, -0.05) is 18.9 Å². The number of hydrogen-bond donors (Lipinski definition) is 1. The molecule has 6 nitrogen and oxygen atoms in total. The second kappa shape index (κ2) is 7.63. The first-order chi connectivity index (χ1) is 12.4. The summed E-state index contributed by atoms with van der Waals surface area (Å²) in [4.78, 5) is 12.6. The average Bonchev–Trinajstić information content (AvgIpc) is 2.85. The Balaban J connectivity index is 1.87. The summed E-state index contributed by atoms with van der Waals surface area (Å²) in [5, 5.41) is 2.72. The molecule has 0 spiro atoms. The normalized spacial score (nSPS) is 16.2. The summed E-state index contributed by atoms with van der Waals surface area (Å²) in [6, 6.07) is 6.66. The predicted molar refractivity (Wildman–Crippen MR) is 99.8 cm³/mol. The van der Waals surface area contributed by atoms with E-state index in [-0.39, 0.29) is 10.7 Å². The number of benzene rings is 1.